The second-order valence-electron chi connectivity index (χ2n) is 7.15. The Kier molecular flexibility index (Phi) is 6.99. The van der Waals surface area contributed by atoms with Gasteiger partial charge in [-0.1, -0.05) is 18.9 Å². The molecule has 27 heavy (non-hydrogen) atoms. The zero-order valence-corrected chi connectivity index (χ0v) is 16.8. The van der Waals surface area contributed by atoms with E-state index in [-0.39, 0.29) is 24.2 Å². The van der Waals surface area contributed by atoms with Gasteiger partial charge in [0, 0.05) is 23.7 Å². The minimum absolute atomic E-state index is 0.0105. The smallest absolute Gasteiger partial charge is 0.355 e. The molecule has 1 aliphatic rings. The highest BCUT2D eigenvalue weighted by atomic mass is 16.5. The van der Waals surface area contributed by atoms with Crippen LogP contribution in [0.1, 0.15) is 71.6 Å². The summed E-state index contributed by atoms with van der Waals surface area (Å²) in [5, 5.41) is 0. The van der Waals surface area contributed by atoms with Crippen molar-refractivity contribution < 1.29 is 19.1 Å². The minimum atomic E-state index is -0.626. The van der Waals surface area contributed by atoms with Crippen LogP contribution in [0, 0.1) is 19.8 Å². The Morgan fingerprint density at radius 3 is 2.48 bits per heavy atom. The fourth-order valence-corrected chi connectivity index (χ4v) is 3.86. The lowest BCUT2D eigenvalue weighted by Gasteiger charge is -2.30. The van der Waals surface area contributed by atoms with E-state index in [2.05, 4.69) is 11.6 Å². The normalized spacial score (nSPS) is 15.4. The lowest BCUT2D eigenvalue weighted by atomic mass is 9.98. The predicted molar refractivity (Wildman–Crippen MR) is 104 cm³/mol. The molecule has 0 radical (unpaired) electrons. The highest BCUT2D eigenvalue weighted by Crippen LogP contribution is 2.28. The van der Waals surface area contributed by atoms with Crippen molar-refractivity contribution in [3.05, 3.63) is 35.2 Å². The van der Waals surface area contributed by atoms with Gasteiger partial charge < -0.3 is 14.6 Å². The van der Waals surface area contributed by atoms with Gasteiger partial charge >= 0.3 is 5.97 Å². The summed E-state index contributed by atoms with van der Waals surface area (Å²) in [4.78, 5) is 42.8. The van der Waals surface area contributed by atoms with E-state index in [1.54, 1.807) is 38.7 Å². The molecule has 6 nitrogen and oxygen atoms in total. The number of aryl methyl sites for hydroxylation is 1. The zero-order chi connectivity index (χ0) is 20.1. The number of hydrogen-bond acceptors (Lipinski definition) is 4. The molecule has 0 aliphatic heterocycles. The quantitative estimate of drug-likeness (QED) is 0.428. The van der Waals surface area contributed by atoms with E-state index in [1.807, 2.05) is 0 Å². The molecule has 0 aromatic carbocycles. The topological polar surface area (TPSA) is 79.5 Å². The van der Waals surface area contributed by atoms with Gasteiger partial charge in [-0.15, -0.1) is 6.58 Å². The molecule has 2 rings (SSSR count). The number of Topliss-reactive ketones (excluding diaryl/α,β-unsaturated/α-hetero) is 1. The second kappa shape index (κ2) is 9.02. The molecule has 0 saturated heterocycles. The van der Waals surface area contributed by atoms with Crippen LogP contribution >= 0.6 is 0 Å². The summed E-state index contributed by atoms with van der Waals surface area (Å²) in [6.07, 6.45) is 5.52. The first-order valence-corrected chi connectivity index (χ1v) is 9.65. The van der Waals surface area contributed by atoms with Crippen LogP contribution in [-0.4, -0.2) is 46.7 Å². The lowest BCUT2D eigenvalue weighted by molar-refractivity contribution is -0.136. The SMILES string of the molecule is C=CCN(C(=O)C1CCCC1)C(C)C(=O)c1c(C)[nH]c(C(=O)OCC)c1C. The number of nitrogens with zero attached hydrogens (tertiary/aromatic N) is 1. The first-order valence-electron chi connectivity index (χ1n) is 9.65. The van der Waals surface area contributed by atoms with E-state index in [0.717, 1.165) is 25.7 Å². The molecule has 1 unspecified atom stereocenters. The Morgan fingerprint density at radius 1 is 1.30 bits per heavy atom. The average Bonchev–Trinajstić information content (AvgIpc) is 3.26. The van der Waals surface area contributed by atoms with Gasteiger partial charge in [-0.2, -0.15) is 0 Å². The summed E-state index contributed by atoms with van der Waals surface area (Å²) < 4.78 is 5.05. The van der Waals surface area contributed by atoms with Gasteiger partial charge in [-0.3, -0.25) is 9.59 Å². The third-order valence-corrected chi connectivity index (χ3v) is 5.32. The van der Waals surface area contributed by atoms with E-state index in [1.165, 1.54) is 0 Å². The number of amides is 1. The Hall–Kier alpha value is -2.37. The Balaban J connectivity index is 2.30. The Bertz CT molecular complexity index is 729. The second-order valence-corrected chi connectivity index (χ2v) is 7.15. The molecule has 1 heterocycles. The number of aromatic amines is 1. The first kappa shape index (κ1) is 20.9. The fraction of sp³-hybridized carbons (Fsp3) is 0.571. The molecule has 148 valence electrons. The van der Waals surface area contributed by atoms with Crippen molar-refractivity contribution >= 4 is 17.7 Å². The summed E-state index contributed by atoms with van der Waals surface area (Å²) in [5.41, 5.74) is 1.93. The van der Waals surface area contributed by atoms with E-state index in [4.69, 9.17) is 4.74 Å². The molecule has 1 amide bonds. The number of ketones is 1. The van der Waals surface area contributed by atoms with Crippen LogP contribution in [0.25, 0.3) is 0 Å². The molecule has 1 aliphatic carbocycles. The monoisotopic (exact) mass is 374 g/mol. The first-order chi connectivity index (χ1) is 12.8. The van der Waals surface area contributed by atoms with Gasteiger partial charge in [0.05, 0.1) is 12.6 Å². The average molecular weight is 374 g/mol. The molecule has 0 spiro atoms. The zero-order valence-electron chi connectivity index (χ0n) is 16.8. The maximum atomic E-state index is 13.2. The molecule has 1 atom stereocenters. The highest BCUT2D eigenvalue weighted by molar-refractivity contribution is 6.06. The van der Waals surface area contributed by atoms with Crippen molar-refractivity contribution in [2.45, 2.75) is 59.4 Å². The molecule has 1 fully saturated rings. The summed E-state index contributed by atoms with van der Waals surface area (Å²) in [6, 6.07) is -0.626. The molecular formula is C21H30N2O4. The van der Waals surface area contributed by atoms with Crippen LogP contribution in [0.5, 0.6) is 0 Å². The number of hydrogen-bond donors (Lipinski definition) is 1. The van der Waals surface area contributed by atoms with E-state index in [9.17, 15) is 14.4 Å². The molecule has 1 N–H and O–H groups in total. The molecule has 1 aromatic rings. The van der Waals surface area contributed by atoms with E-state index in [0.29, 0.717) is 29.1 Å². The fourth-order valence-electron chi connectivity index (χ4n) is 3.86. The van der Waals surface area contributed by atoms with Gasteiger partial charge in [0.1, 0.15) is 5.69 Å². The summed E-state index contributed by atoms with van der Waals surface area (Å²) in [6.45, 7) is 11.3. The standard InChI is InChI=1S/C21H30N2O4/c1-6-12-23(20(25)16-10-8-9-11-16)15(5)19(24)17-13(3)18(22-14(17)4)21(26)27-7-2/h6,15-16,22H,1,7-12H2,2-5H3. The Labute approximate surface area is 161 Å². The van der Waals surface area contributed by atoms with Crippen LogP contribution in [-0.2, 0) is 9.53 Å². The third-order valence-electron chi connectivity index (χ3n) is 5.32. The van der Waals surface area contributed by atoms with Gasteiger partial charge in [-0.05, 0) is 46.1 Å². The minimum Gasteiger partial charge on any atom is -0.461 e. The van der Waals surface area contributed by atoms with Crippen molar-refractivity contribution in [3.8, 4) is 0 Å². The van der Waals surface area contributed by atoms with Gasteiger partial charge in [0.15, 0.2) is 5.78 Å². The summed E-state index contributed by atoms with van der Waals surface area (Å²) >= 11 is 0. The molecule has 0 bridgehead atoms. The largest absolute Gasteiger partial charge is 0.461 e. The molecule has 6 heteroatoms. The maximum Gasteiger partial charge on any atom is 0.355 e. The van der Waals surface area contributed by atoms with Crippen molar-refractivity contribution in [1.82, 2.24) is 9.88 Å². The number of ether oxygens (including phenoxy) is 1. The van der Waals surface area contributed by atoms with Crippen LogP contribution in [0.4, 0.5) is 0 Å². The summed E-state index contributed by atoms with van der Waals surface area (Å²) in [7, 11) is 0. The van der Waals surface area contributed by atoms with Crippen LogP contribution in [0.2, 0.25) is 0 Å². The van der Waals surface area contributed by atoms with Gasteiger partial charge in [0.2, 0.25) is 5.91 Å². The van der Waals surface area contributed by atoms with Gasteiger partial charge in [-0.25, -0.2) is 4.79 Å². The third kappa shape index (κ3) is 4.31. The van der Waals surface area contributed by atoms with Crippen molar-refractivity contribution in [2.24, 2.45) is 5.92 Å². The number of carbonyl (C=O) groups is 3. The van der Waals surface area contributed by atoms with Crippen molar-refractivity contribution in [3.63, 3.8) is 0 Å². The van der Waals surface area contributed by atoms with Crippen LogP contribution in [0.3, 0.4) is 0 Å². The summed E-state index contributed by atoms with van der Waals surface area (Å²) in [5.74, 6) is -0.645. The number of nitrogens with one attached hydrogen (secondary N) is 1. The number of H-pyrrole nitrogens is 1. The number of esters is 1. The lowest BCUT2D eigenvalue weighted by Crippen LogP contribution is -2.46. The van der Waals surface area contributed by atoms with Crippen LogP contribution in [0.15, 0.2) is 12.7 Å². The maximum absolute atomic E-state index is 13.2. The Morgan fingerprint density at radius 2 is 1.93 bits per heavy atom. The van der Waals surface area contributed by atoms with Crippen molar-refractivity contribution in [1.29, 1.82) is 0 Å². The van der Waals surface area contributed by atoms with Crippen molar-refractivity contribution in [2.75, 3.05) is 13.2 Å². The van der Waals surface area contributed by atoms with Gasteiger partial charge in [0.25, 0.3) is 0 Å². The molecule has 1 saturated carbocycles. The van der Waals surface area contributed by atoms with E-state index >= 15 is 0 Å². The predicted octanol–water partition coefficient (Wildman–Crippen LogP) is 3.58. The number of aromatic nitrogens is 1. The number of carbonyl (C=O) groups excluding carboxylic acids is 3. The highest BCUT2D eigenvalue weighted by Gasteiger charge is 2.34. The van der Waals surface area contributed by atoms with E-state index < -0.39 is 12.0 Å². The molecular weight excluding hydrogens is 344 g/mol. The molecule has 1 aromatic heterocycles. The van der Waals surface area contributed by atoms with Crippen LogP contribution < -0.4 is 0 Å². The number of rotatable bonds is 8.